The fourth-order valence-electron chi connectivity index (χ4n) is 2.62. The van der Waals surface area contributed by atoms with Crippen LogP contribution in [0.25, 0.3) is 0 Å². The van der Waals surface area contributed by atoms with Gasteiger partial charge in [-0.15, -0.1) is 5.10 Å². The van der Waals surface area contributed by atoms with E-state index in [0.717, 1.165) is 37.4 Å². The summed E-state index contributed by atoms with van der Waals surface area (Å²) in [6, 6.07) is 2.48. The van der Waals surface area contributed by atoms with Crippen LogP contribution in [0.2, 0.25) is 0 Å². The van der Waals surface area contributed by atoms with Gasteiger partial charge >= 0.3 is 0 Å². The number of nitrogens with zero attached hydrogens (tertiary/aromatic N) is 4. The van der Waals surface area contributed by atoms with Gasteiger partial charge in [0, 0.05) is 27.1 Å². The Morgan fingerprint density at radius 1 is 1.39 bits per heavy atom. The van der Waals surface area contributed by atoms with Crippen molar-refractivity contribution in [3.63, 3.8) is 0 Å². The highest BCUT2D eigenvalue weighted by molar-refractivity contribution is 5.73. The van der Waals surface area contributed by atoms with Crippen molar-refractivity contribution in [2.24, 2.45) is 0 Å². The molecule has 1 saturated heterocycles. The molecule has 0 atom stereocenters. The molecule has 0 N–H and O–H groups in total. The molecule has 0 saturated carbocycles. The minimum absolute atomic E-state index is 0.125. The van der Waals surface area contributed by atoms with Crippen LogP contribution in [0.4, 0.5) is 5.82 Å². The van der Waals surface area contributed by atoms with Gasteiger partial charge in [0.2, 0.25) is 5.91 Å². The summed E-state index contributed by atoms with van der Waals surface area (Å²) in [6.45, 7) is 3.34. The zero-order valence-corrected chi connectivity index (χ0v) is 10.9. The molecule has 0 unspecified atom stereocenters. The normalized spacial score (nSPS) is 18.4. The van der Waals surface area contributed by atoms with E-state index in [2.05, 4.69) is 21.2 Å². The lowest BCUT2D eigenvalue weighted by molar-refractivity contribution is -0.130. The van der Waals surface area contributed by atoms with Crippen molar-refractivity contribution in [1.29, 1.82) is 0 Å². The third-order valence-electron chi connectivity index (χ3n) is 4.04. The lowest BCUT2D eigenvalue weighted by Crippen LogP contribution is -2.59. The topological polar surface area (TPSA) is 49.3 Å². The van der Waals surface area contributed by atoms with Gasteiger partial charge in [-0.1, -0.05) is 0 Å². The summed E-state index contributed by atoms with van der Waals surface area (Å²) in [6.07, 6.45) is 3.39. The Bertz CT molecular complexity index is 482. The van der Waals surface area contributed by atoms with E-state index >= 15 is 0 Å². The minimum Gasteiger partial charge on any atom is -0.351 e. The van der Waals surface area contributed by atoms with Gasteiger partial charge in [0.25, 0.3) is 0 Å². The molecule has 0 spiro atoms. The molecule has 2 aliphatic rings. The summed E-state index contributed by atoms with van der Waals surface area (Å²) in [5.74, 6) is 1.09. The maximum absolute atomic E-state index is 11.3. The Morgan fingerprint density at radius 2 is 2.17 bits per heavy atom. The zero-order chi connectivity index (χ0) is 12.7. The van der Waals surface area contributed by atoms with E-state index in [0.29, 0.717) is 6.04 Å². The van der Waals surface area contributed by atoms with Crippen LogP contribution >= 0.6 is 0 Å². The van der Waals surface area contributed by atoms with Crippen LogP contribution in [0.1, 0.15) is 24.6 Å². The maximum atomic E-state index is 11.3. The van der Waals surface area contributed by atoms with Gasteiger partial charge in [-0.25, -0.2) is 0 Å². The third kappa shape index (κ3) is 1.83. The van der Waals surface area contributed by atoms with Gasteiger partial charge in [0.05, 0.1) is 11.7 Å². The predicted molar refractivity (Wildman–Crippen MR) is 68.5 cm³/mol. The average Bonchev–Trinajstić information content (AvgIpc) is 2.73. The maximum Gasteiger partial charge on any atom is 0.219 e. The van der Waals surface area contributed by atoms with E-state index in [1.165, 1.54) is 12.0 Å². The Labute approximate surface area is 107 Å². The fraction of sp³-hybridized carbons (Fsp3) is 0.615. The smallest absolute Gasteiger partial charge is 0.219 e. The lowest BCUT2D eigenvalue weighted by Gasteiger charge is -2.44. The summed E-state index contributed by atoms with van der Waals surface area (Å²) in [5, 5.41) is 8.58. The summed E-state index contributed by atoms with van der Waals surface area (Å²) in [5.41, 5.74) is 2.51. The molecule has 1 aliphatic carbocycles. The molecule has 0 radical (unpaired) electrons. The number of hydrogen-bond donors (Lipinski definition) is 0. The van der Waals surface area contributed by atoms with E-state index in [-0.39, 0.29) is 5.91 Å². The zero-order valence-electron chi connectivity index (χ0n) is 10.9. The molecule has 5 heteroatoms. The third-order valence-corrected chi connectivity index (χ3v) is 4.04. The Balaban J connectivity index is 1.66. The van der Waals surface area contributed by atoms with E-state index in [9.17, 15) is 4.79 Å². The molecule has 5 nitrogen and oxygen atoms in total. The first kappa shape index (κ1) is 11.4. The van der Waals surface area contributed by atoms with Crippen molar-refractivity contribution in [2.45, 2.75) is 32.2 Å². The molecule has 0 aromatic carbocycles. The molecule has 1 aromatic heterocycles. The molecule has 0 bridgehead atoms. The first-order valence-corrected chi connectivity index (χ1v) is 6.49. The highest BCUT2D eigenvalue weighted by Gasteiger charge is 2.32. The van der Waals surface area contributed by atoms with Crippen molar-refractivity contribution in [1.82, 2.24) is 15.1 Å². The number of likely N-dealkylation sites (N-methyl/N-ethyl adjacent to an activating group) is 1. The van der Waals surface area contributed by atoms with E-state index in [4.69, 9.17) is 0 Å². The number of carbonyl (C=O) groups is 1. The van der Waals surface area contributed by atoms with Crippen molar-refractivity contribution < 1.29 is 4.79 Å². The number of amides is 1. The number of hydrogen-bond acceptors (Lipinski definition) is 4. The predicted octanol–water partition coefficient (Wildman–Crippen LogP) is 0.632. The van der Waals surface area contributed by atoms with Crippen molar-refractivity contribution in [2.75, 3.05) is 25.0 Å². The number of aryl methyl sites for hydroxylation is 2. The highest BCUT2D eigenvalue weighted by atomic mass is 16.2. The van der Waals surface area contributed by atoms with Crippen molar-refractivity contribution in [3.05, 3.63) is 17.3 Å². The molecule has 1 fully saturated rings. The average molecular weight is 246 g/mol. The summed E-state index contributed by atoms with van der Waals surface area (Å²) in [7, 11) is 1.86. The van der Waals surface area contributed by atoms with Gasteiger partial charge in [0.1, 0.15) is 0 Å². The van der Waals surface area contributed by atoms with Gasteiger partial charge in [-0.05, 0) is 30.9 Å². The quantitative estimate of drug-likeness (QED) is 0.768. The second-order valence-corrected chi connectivity index (χ2v) is 5.22. The summed E-state index contributed by atoms with van der Waals surface area (Å²) < 4.78 is 0. The Kier molecular flexibility index (Phi) is 2.69. The molecule has 2 heterocycles. The van der Waals surface area contributed by atoms with Gasteiger partial charge in [-0.3, -0.25) is 4.79 Å². The monoisotopic (exact) mass is 246 g/mol. The summed E-state index contributed by atoms with van der Waals surface area (Å²) in [4.78, 5) is 15.2. The molecule has 3 rings (SSSR count). The first-order valence-electron chi connectivity index (χ1n) is 6.49. The second kappa shape index (κ2) is 4.23. The van der Waals surface area contributed by atoms with Gasteiger partial charge < -0.3 is 9.80 Å². The second-order valence-electron chi connectivity index (χ2n) is 5.22. The Hall–Kier alpha value is -1.65. The number of fused-ring (bicyclic) bond motifs is 1. The van der Waals surface area contributed by atoms with Crippen LogP contribution in [-0.2, 0) is 17.6 Å². The number of carbonyl (C=O) groups excluding carboxylic acids is 1. The van der Waals surface area contributed by atoms with Crippen LogP contribution < -0.4 is 4.90 Å². The van der Waals surface area contributed by atoms with E-state index in [1.807, 2.05) is 7.05 Å². The van der Waals surface area contributed by atoms with Crippen LogP contribution in [0.5, 0.6) is 0 Å². The lowest BCUT2D eigenvalue weighted by atomic mass is 10.1. The van der Waals surface area contributed by atoms with Gasteiger partial charge in [0.15, 0.2) is 5.82 Å². The molecule has 1 aliphatic heterocycles. The molecule has 1 amide bonds. The van der Waals surface area contributed by atoms with Gasteiger partial charge in [-0.2, -0.15) is 5.10 Å². The molecule has 1 aromatic rings. The number of aromatic nitrogens is 2. The minimum atomic E-state index is 0.125. The van der Waals surface area contributed by atoms with Crippen LogP contribution in [-0.4, -0.2) is 47.2 Å². The number of anilines is 1. The Morgan fingerprint density at radius 3 is 2.89 bits per heavy atom. The largest absolute Gasteiger partial charge is 0.351 e. The van der Waals surface area contributed by atoms with Crippen LogP contribution in [0, 0.1) is 0 Å². The fourth-order valence-corrected chi connectivity index (χ4v) is 2.62. The number of rotatable bonds is 2. The van der Waals surface area contributed by atoms with Crippen molar-refractivity contribution in [3.8, 4) is 0 Å². The van der Waals surface area contributed by atoms with E-state index in [1.54, 1.807) is 11.8 Å². The van der Waals surface area contributed by atoms with Crippen molar-refractivity contribution >= 4 is 11.7 Å². The summed E-state index contributed by atoms with van der Waals surface area (Å²) >= 11 is 0. The van der Waals surface area contributed by atoms with Crippen LogP contribution in [0.15, 0.2) is 6.07 Å². The molecule has 18 heavy (non-hydrogen) atoms. The first-order chi connectivity index (χ1) is 8.65. The highest BCUT2D eigenvalue weighted by Crippen LogP contribution is 2.26. The SMILES string of the molecule is CC(=O)N(C)C1CN(c2cc3c(nn2)CCC3)C1. The van der Waals surface area contributed by atoms with E-state index < -0.39 is 0 Å². The standard InChI is InChI=1S/C13H18N4O/c1-9(18)16(2)11-7-17(8-11)13-6-10-4-3-5-12(10)14-15-13/h6,11H,3-5,7-8H2,1-2H3. The molecular formula is C13H18N4O. The van der Waals surface area contributed by atoms with Crippen LogP contribution in [0.3, 0.4) is 0 Å². The molecule has 96 valence electrons. The molecular weight excluding hydrogens is 228 g/mol.